The number of benzene rings is 1. The topological polar surface area (TPSA) is 131 Å². The SMILES string of the molecule is CC(=O)O[C@@H]1[C@@H](N=[N+]=[N-])C[C@H](O[C@H]2C[C@](O)(C(C)=O)Cc3ccccc32)O[C@H]1C. The lowest BCUT2D eigenvalue weighted by Crippen LogP contribution is -2.50. The van der Waals surface area contributed by atoms with E-state index in [2.05, 4.69) is 10.0 Å². The molecule has 9 heteroatoms. The Labute approximate surface area is 168 Å². The third kappa shape index (κ3) is 4.59. The van der Waals surface area contributed by atoms with Crippen molar-refractivity contribution in [2.75, 3.05) is 0 Å². The fourth-order valence-corrected chi connectivity index (χ4v) is 4.04. The van der Waals surface area contributed by atoms with Crippen molar-refractivity contribution >= 4 is 11.8 Å². The van der Waals surface area contributed by atoms with E-state index in [1.54, 1.807) is 6.92 Å². The van der Waals surface area contributed by atoms with Crippen LogP contribution in [-0.2, 0) is 30.2 Å². The number of azide groups is 1. The van der Waals surface area contributed by atoms with Crippen molar-refractivity contribution in [2.24, 2.45) is 5.11 Å². The predicted octanol–water partition coefficient (Wildman–Crippen LogP) is 2.76. The van der Waals surface area contributed by atoms with Gasteiger partial charge in [-0.05, 0) is 30.5 Å². The minimum Gasteiger partial charge on any atom is -0.459 e. The normalized spacial score (nSPS) is 33.9. The van der Waals surface area contributed by atoms with Crippen LogP contribution in [0.1, 0.15) is 50.8 Å². The molecule has 3 rings (SSSR count). The summed E-state index contributed by atoms with van der Waals surface area (Å²) in [6, 6.07) is 6.84. The van der Waals surface area contributed by atoms with Gasteiger partial charge in [0.15, 0.2) is 12.1 Å². The molecular formula is C20H25N3O6. The molecule has 0 saturated carbocycles. The first-order chi connectivity index (χ1) is 13.7. The van der Waals surface area contributed by atoms with E-state index >= 15 is 0 Å². The molecule has 1 aromatic rings. The second kappa shape index (κ2) is 8.51. The number of nitrogens with zero attached hydrogens (tertiary/aromatic N) is 3. The molecule has 9 nitrogen and oxygen atoms in total. The summed E-state index contributed by atoms with van der Waals surface area (Å²) in [5, 5.41) is 14.6. The van der Waals surface area contributed by atoms with Gasteiger partial charge in [-0.25, -0.2) is 0 Å². The van der Waals surface area contributed by atoms with Gasteiger partial charge < -0.3 is 19.3 Å². The van der Waals surface area contributed by atoms with Crippen molar-refractivity contribution in [1.82, 2.24) is 0 Å². The van der Waals surface area contributed by atoms with Crippen LogP contribution in [-0.4, -0.2) is 47.0 Å². The molecule has 2 aliphatic rings. The number of esters is 1. The van der Waals surface area contributed by atoms with Gasteiger partial charge in [0.2, 0.25) is 0 Å². The quantitative estimate of drug-likeness (QED) is 0.348. The summed E-state index contributed by atoms with van der Waals surface area (Å²) in [7, 11) is 0. The summed E-state index contributed by atoms with van der Waals surface area (Å²) < 4.78 is 17.3. The maximum atomic E-state index is 12.1. The Morgan fingerprint density at radius 1 is 1.34 bits per heavy atom. The summed E-state index contributed by atoms with van der Waals surface area (Å²) >= 11 is 0. The van der Waals surface area contributed by atoms with Crippen LogP contribution in [0.4, 0.5) is 0 Å². The lowest BCUT2D eigenvalue weighted by atomic mass is 9.77. The number of fused-ring (bicyclic) bond motifs is 1. The van der Waals surface area contributed by atoms with Gasteiger partial charge in [0.05, 0.1) is 18.2 Å². The number of Topliss-reactive ketones (excluding diaryl/α,β-unsaturated/α-hetero) is 1. The molecule has 1 aliphatic carbocycles. The molecule has 1 aliphatic heterocycles. The van der Waals surface area contributed by atoms with Crippen LogP contribution in [0.3, 0.4) is 0 Å². The van der Waals surface area contributed by atoms with Crippen LogP contribution in [0.25, 0.3) is 10.4 Å². The second-order valence-electron chi connectivity index (χ2n) is 7.64. The van der Waals surface area contributed by atoms with E-state index < -0.39 is 42.2 Å². The van der Waals surface area contributed by atoms with E-state index in [9.17, 15) is 14.7 Å². The molecule has 0 spiro atoms. The highest BCUT2D eigenvalue weighted by atomic mass is 16.7. The minimum absolute atomic E-state index is 0.104. The molecule has 0 aromatic heterocycles. The molecule has 1 saturated heterocycles. The average molecular weight is 403 g/mol. The van der Waals surface area contributed by atoms with Crippen LogP contribution in [0, 0.1) is 0 Å². The molecule has 1 fully saturated rings. The zero-order chi connectivity index (χ0) is 21.2. The molecular weight excluding hydrogens is 378 g/mol. The third-order valence-electron chi connectivity index (χ3n) is 5.52. The molecule has 6 atom stereocenters. The van der Waals surface area contributed by atoms with Crippen molar-refractivity contribution < 1.29 is 28.9 Å². The number of carbonyl (C=O) groups is 2. The molecule has 156 valence electrons. The van der Waals surface area contributed by atoms with Gasteiger partial charge in [-0.1, -0.05) is 29.4 Å². The first kappa shape index (κ1) is 21.3. The molecule has 0 bridgehead atoms. The molecule has 1 N–H and O–H groups in total. The zero-order valence-electron chi connectivity index (χ0n) is 16.6. The number of hydrogen-bond acceptors (Lipinski definition) is 7. The minimum atomic E-state index is -1.51. The van der Waals surface area contributed by atoms with E-state index in [4.69, 9.17) is 19.7 Å². The first-order valence-corrected chi connectivity index (χ1v) is 9.57. The highest BCUT2D eigenvalue weighted by Gasteiger charge is 2.44. The fraction of sp³-hybridized carbons (Fsp3) is 0.600. The molecule has 0 amide bonds. The summed E-state index contributed by atoms with van der Waals surface area (Å²) in [5.41, 5.74) is 9.11. The Kier molecular flexibility index (Phi) is 6.24. The second-order valence-corrected chi connectivity index (χ2v) is 7.64. The van der Waals surface area contributed by atoms with E-state index in [0.717, 1.165) is 11.1 Å². The first-order valence-electron chi connectivity index (χ1n) is 9.57. The third-order valence-corrected chi connectivity index (χ3v) is 5.52. The summed E-state index contributed by atoms with van der Waals surface area (Å²) in [6.45, 7) is 4.36. The van der Waals surface area contributed by atoms with Crippen LogP contribution in [0.5, 0.6) is 0 Å². The number of hydrogen-bond donors (Lipinski definition) is 1. The summed E-state index contributed by atoms with van der Waals surface area (Å²) in [4.78, 5) is 26.3. The summed E-state index contributed by atoms with van der Waals surface area (Å²) in [6.07, 6.45) is -2.07. The lowest BCUT2D eigenvalue weighted by Gasteiger charge is -2.42. The number of ketones is 1. The molecule has 0 unspecified atom stereocenters. The lowest BCUT2D eigenvalue weighted by molar-refractivity contribution is -0.250. The maximum Gasteiger partial charge on any atom is 0.303 e. The van der Waals surface area contributed by atoms with Crippen molar-refractivity contribution in [1.29, 1.82) is 0 Å². The highest BCUT2D eigenvalue weighted by molar-refractivity contribution is 5.85. The van der Waals surface area contributed by atoms with E-state index in [0.29, 0.717) is 0 Å². The van der Waals surface area contributed by atoms with Crippen LogP contribution >= 0.6 is 0 Å². The van der Waals surface area contributed by atoms with Gasteiger partial charge >= 0.3 is 5.97 Å². The largest absolute Gasteiger partial charge is 0.459 e. The molecule has 1 heterocycles. The summed E-state index contributed by atoms with van der Waals surface area (Å²) in [5.74, 6) is -0.809. The molecule has 29 heavy (non-hydrogen) atoms. The van der Waals surface area contributed by atoms with Crippen molar-refractivity contribution in [3.63, 3.8) is 0 Å². The maximum absolute atomic E-state index is 12.1. The van der Waals surface area contributed by atoms with Crippen LogP contribution < -0.4 is 0 Å². The van der Waals surface area contributed by atoms with Gasteiger partial charge in [-0.2, -0.15) is 0 Å². The Bertz CT molecular complexity index is 839. The number of rotatable bonds is 5. The Balaban J connectivity index is 1.82. The van der Waals surface area contributed by atoms with Crippen LogP contribution in [0.15, 0.2) is 29.4 Å². The monoisotopic (exact) mass is 403 g/mol. The standard InChI is InChI=1S/C20H25N3O6/c1-11-19(28-13(3)25)16(22-23-21)8-18(27-11)29-17-10-20(26,12(2)24)9-14-6-4-5-7-15(14)17/h4-7,11,16-19,26H,8-10H2,1-3H3/t11-,16-,17-,18-,19-,20-/m0/s1. The Morgan fingerprint density at radius 3 is 2.72 bits per heavy atom. The predicted molar refractivity (Wildman–Crippen MR) is 102 cm³/mol. The van der Waals surface area contributed by atoms with Crippen molar-refractivity contribution in [3.8, 4) is 0 Å². The number of carbonyl (C=O) groups excluding carboxylic acids is 2. The average Bonchev–Trinajstić information content (AvgIpc) is 2.64. The van der Waals surface area contributed by atoms with Gasteiger partial charge in [0.25, 0.3) is 0 Å². The molecule has 0 radical (unpaired) electrons. The Hall–Kier alpha value is -2.45. The number of aliphatic hydroxyl groups is 1. The fourth-order valence-electron chi connectivity index (χ4n) is 4.04. The number of ether oxygens (including phenoxy) is 3. The van der Waals surface area contributed by atoms with Gasteiger partial charge in [-0.3, -0.25) is 9.59 Å². The van der Waals surface area contributed by atoms with Gasteiger partial charge in [0.1, 0.15) is 11.7 Å². The van der Waals surface area contributed by atoms with Gasteiger partial charge in [-0.15, -0.1) is 0 Å². The van der Waals surface area contributed by atoms with E-state index in [1.165, 1.54) is 13.8 Å². The van der Waals surface area contributed by atoms with Crippen molar-refractivity contribution in [3.05, 3.63) is 45.8 Å². The van der Waals surface area contributed by atoms with Gasteiger partial charge in [0, 0.05) is 31.1 Å². The smallest absolute Gasteiger partial charge is 0.303 e. The van der Waals surface area contributed by atoms with Crippen molar-refractivity contribution in [2.45, 2.75) is 76.3 Å². The van der Waals surface area contributed by atoms with E-state index in [-0.39, 0.29) is 25.0 Å². The Morgan fingerprint density at radius 2 is 2.07 bits per heavy atom. The zero-order valence-corrected chi connectivity index (χ0v) is 16.6. The van der Waals surface area contributed by atoms with E-state index in [1.807, 2.05) is 24.3 Å². The molecule has 1 aromatic carbocycles. The highest BCUT2D eigenvalue weighted by Crippen LogP contribution is 2.40. The van der Waals surface area contributed by atoms with Crippen LogP contribution in [0.2, 0.25) is 0 Å².